The first-order chi connectivity index (χ1) is 12.2. The van der Waals surface area contributed by atoms with Gasteiger partial charge in [0.15, 0.2) is 0 Å². The predicted octanol–water partition coefficient (Wildman–Crippen LogP) is 3.09. The molecular formula is C20H27BrN2O2. The van der Waals surface area contributed by atoms with E-state index in [1.807, 2.05) is 0 Å². The molecule has 0 unspecified atom stereocenters. The highest BCUT2D eigenvalue weighted by atomic mass is 79.9. The van der Waals surface area contributed by atoms with Gasteiger partial charge in [-0.1, -0.05) is 40.2 Å². The molecule has 0 aromatic heterocycles. The number of benzene rings is 1. The number of carbonyl (C=O) groups is 1. The van der Waals surface area contributed by atoms with Crippen LogP contribution in [0.4, 0.5) is 0 Å². The van der Waals surface area contributed by atoms with Crippen molar-refractivity contribution in [2.75, 3.05) is 26.3 Å². The van der Waals surface area contributed by atoms with Gasteiger partial charge >= 0.3 is 0 Å². The minimum Gasteiger partial charge on any atom is -0.379 e. The quantitative estimate of drug-likeness (QED) is 0.763. The van der Waals surface area contributed by atoms with E-state index < -0.39 is 0 Å². The van der Waals surface area contributed by atoms with Crippen LogP contribution in [0.3, 0.4) is 0 Å². The number of nitrogens with zero attached hydrogens (tertiary/aromatic N) is 1. The maximum Gasteiger partial charge on any atom is 0.227 e. The van der Waals surface area contributed by atoms with Crippen LogP contribution in [0.25, 0.3) is 0 Å². The van der Waals surface area contributed by atoms with Crippen molar-refractivity contribution in [2.24, 2.45) is 11.3 Å². The number of nitrogens with one attached hydrogen (secondary N) is 1. The maximum atomic E-state index is 12.8. The second-order valence-electron chi connectivity index (χ2n) is 7.86. The molecule has 25 heavy (non-hydrogen) atoms. The van der Waals surface area contributed by atoms with Crippen LogP contribution in [-0.4, -0.2) is 41.9 Å². The molecule has 1 aliphatic heterocycles. The van der Waals surface area contributed by atoms with E-state index in [9.17, 15) is 4.79 Å². The Morgan fingerprint density at radius 3 is 2.60 bits per heavy atom. The van der Waals surface area contributed by atoms with Crippen molar-refractivity contribution < 1.29 is 9.53 Å². The number of hydrogen-bond acceptors (Lipinski definition) is 3. The molecular weight excluding hydrogens is 380 g/mol. The largest absolute Gasteiger partial charge is 0.379 e. The highest BCUT2D eigenvalue weighted by molar-refractivity contribution is 9.09. The van der Waals surface area contributed by atoms with Gasteiger partial charge in [-0.2, -0.15) is 0 Å². The molecule has 1 heterocycles. The van der Waals surface area contributed by atoms with Crippen LogP contribution >= 0.6 is 15.9 Å². The summed E-state index contributed by atoms with van der Waals surface area (Å²) in [5.74, 6) is 0.987. The third-order valence-corrected chi connectivity index (χ3v) is 7.48. The average Bonchev–Trinajstić information content (AvgIpc) is 3.20. The molecule has 3 fully saturated rings. The molecule has 1 N–H and O–H groups in total. The first kappa shape index (κ1) is 17.5. The fraction of sp³-hybridized carbons (Fsp3) is 0.650. The topological polar surface area (TPSA) is 41.6 Å². The molecule has 0 radical (unpaired) electrons. The molecule has 1 saturated heterocycles. The normalized spacial score (nSPS) is 32.0. The second-order valence-corrected chi connectivity index (χ2v) is 8.96. The van der Waals surface area contributed by atoms with Gasteiger partial charge in [0.25, 0.3) is 0 Å². The van der Waals surface area contributed by atoms with Gasteiger partial charge in [-0.05, 0) is 42.7 Å². The van der Waals surface area contributed by atoms with Crippen molar-refractivity contribution in [3.8, 4) is 0 Å². The SMILES string of the molecule is O=C(NCc1ccc(CN2CCOCC2)cc1)[C@]12CC[C@@H](C[C@@H]1Br)C2. The molecule has 1 aromatic carbocycles. The lowest BCUT2D eigenvalue weighted by atomic mass is 9.83. The summed E-state index contributed by atoms with van der Waals surface area (Å²) in [4.78, 5) is 15.6. The third-order valence-electron chi connectivity index (χ3n) is 6.23. The van der Waals surface area contributed by atoms with E-state index in [-0.39, 0.29) is 11.3 Å². The van der Waals surface area contributed by atoms with Crippen molar-refractivity contribution in [3.05, 3.63) is 35.4 Å². The Bertz CT molecular complexity index is 615. The summed E-state index contributed by atoms with van der Waals surface area (Å²) >= 11 is 3.76. The zero-order chi connectivity index (χ0) is 17.3. The van der Waals surface area contributed by atoms with Crippen LogP contribution in [0.15, 0.2) is 24.3 Å². The van der Waals surface area contributed by atoms with Crippen molar-refractivity contribution in [3.63, 3.8) is 0 Å². The number of morpholine rings is 1. The summed E-state index contributed by atoms with van der Waals surface area (Å²) in [6.07, 6.45) is 4.47. The van der Waals surface area contributed by atoms with E-state index in [1.54, 1.807) is 0 Å². The van der Waals surface area contributed by atoms with Crippen LogP contribution in [0.5, 0.6) is 0 Å². The number of ether oxygens (including phenoxy) is 1. The first-order valence-electron chi connectivity index (χ1n) is 9.46. The summed E-state index contributed by atoms with van der Waals surface area (Å²) in [6.45, 7) is 5.29. The number of rotatable bonds is 5. The molecule has 136 valence electrons. The zero-order valence-corrected chi connectivity index (χ0v) is 16.3. The molecule has 3 aliphatic rings. The molecule has 5 heteroatoms. The van der Waals surface area contributed by atoms with Gasteiger partial charge in [0.05, 0.1) is 18.6 Å². The second kappa shape index (κ2) is 7.37. The molecule has 0 spiro atoms. The van der Waals surface area contributed by atoms with Crippen molar-refractivity contribution >= 4 is 21.8 Å². The van der Waals surface area contributed by atoms with Crippen LogP contribution in [0, 0.1) is 11.3 Å². The lowest BCUT2D eigenvalue weighted by molar-refractivity contribution is -0.130. The molecule has 2 saturated carbocycles. The van der Waals surface area contributed by atoms with E-state index in [1.165, 1.54) is 17.5 Å². The van der Waals surface area contributed by atoms with Gasteiger partial charge < -0.3 is 10.1 Å². The lowest BCUT2D eigenvalue weighted by Crippen LogP contribution is -2.43. The fourth-order valence-electron chi connectivity index (χ4n) is 4.67. The standard InChI is InChI=1S/C20H27BrN2O2/c21-18-11-17-5-6-20(18,12-17)19(24)22-13-15-1-3-16(4-2-15)14-23-7-9-25-10-8-23/h1-4,17-18H,5-14H2,(H,22,24)/t17-,18-,20-/m0/s1. The fourth-order valence-corrected chi connectivity index (χ4v) is 5.82. The summed E-state index contributed by atoms with van der Waals surface area (Å²) < 4.78 is 5.40. The number of fused-ring (bicyclic) bond motifs is 2. The van der Waals surface area contributed by atoms with Crippen LogP contribution in [-0.2, 0) is 22.6 Å². The van der Waals surface area contributed by atoms with Crippen LogP contribution < -0.4 is 5.32 Å². The minimum atomic E-state index is -0.152. The Morgan fingerprint density at radius 1 is 1.24 bits per heavy atom. The zero-order valence-electron chi connectivity index (χ0n) is 14.7. The number of hydrogen-bond donors (Lipinski definition) is 1. The van der Waals surface area contributed by atoms with E-state index in [0.717, 1.165) is 58.0 Å². The van der Waals surface area contributed by atoms with Gasteiger partial charge in [0.2, 0.25) is 5.91 Å². The van der Waals surface area contributed by atoms with E-state index >= 15 is 0 Å². The van der Waals surface area contributed by atoms with E-state index in [2.05, 4.69) is 50.4 Å². The third kappa shape index (κ3) is 3.64. The smallest absolute Gasteiger partial charge is 0.227 e. The summed E-state index contributed by atoms with van der Waals surface area (Å²) in [7, 11) is 0. The van der Waals surface area contributed by atoms with Gasteiger partial charge in [-0.3, -0.25) is 9.69 Å². The van der Waals surface area contributed by atoms with Gasteiger partial charge in [-0.15, -0.1) is 0 Å². The molecule has 1 amide bonds. The van der Waals surface area contributed by atoms with Gasteiger partial charge in [0.1, 0.15) is 0 Å². The highest BCUT2D eigenvalue weighted by Crippen LogP contribution is 2.57. The Hall–Kier alpha value is -0.910. The van der Waals surface area contributed by atoms with E-state index in [4.69, 9.17) is 4.74 Å². The first-order valence-corrected chi connectivity index (χ1v) is 10.4. The molecule has 3 atom stereocenters. The predicted molar refractivity (Wildman–Crippen MR) is 101 cm³/mol. The van der Waals surface area contributed by atoms with Gasteiger partial charge in [-0.25, -0.2) is 0 Å². The van der Waals surface area contributed by atoms with Crippen molar-refractivity contribution in [1.29, 1.82) is 0 Å². The molecule has 2 bridgehead atoms. The minimum absolute atomic E-state index is 0.152. The number of alkyl halides is 1. The number of amides is 1. The Labute approximate surface area is 158 Å². The number of carbonyl (C=O) groups excluding carboxylic acids is 1. The van der Waals surface area contributed by atoms with Crippen molar-refractivity contribution in [1.82, 2.24) is 10.2 Å². The lowest BCUT2D eigenvalue weighted by Gasteiger charge is -2.30. The average molecular weight is 407 g/mol. The Balaban J connectivity index is 1.30. The summed E-state index contributed by atoms with van der Waals surface area (Å²) in [5.41, 5.74) is 2.35. The van der Waals surface area contributed by atoms with Gasteiger partial charge in [0, 0.05) is 31.0 Å². The van der Waals surface area contributed by atoms with Crippen molar-refractivity contribution in [2.45, 2.75) is 43.6 Å². The summed E-state index contributed by atoms with van der Waals surface area (Å²) in [6, 6.07) is 8.66. The highest BCUT2D eigenvalue weighted by Gasteiger charge is 2.55. The molecule has 4 rings (SSSR count). The Morgan fingerprint density at radius 2 is 1.96 bits per heavy atom. The van der Waals surface area contributed by atoms with E-state index in [0.29, 0.717) is 11.4 Å². The molecule has 2 aliphatic carbocycles. The summed E-state index contributed by atoms with van der Waals surface area (Å²) in [5, 5.41) is 3.19. The Kier molecular flexibility index (Phi) is 5.16. The molecule has 1 aromatic rings. The maximum absolute atomic E-state index is 12.8. The molecule has 4 nitrogen and oxygen atoms in total. The van der Waals surface area contributed by atoms with Crippen LogP contribution in [0.1, 0.15) is 36.8 Å². The monoisotopic (exact) mass is 406 g/mol. The van der Waals surface area contributed by atoms with Crippen LogP contribution in [0.2, 0.25) is 0 Å². The number of halogens is 1.